The molecule has 0 heterocycles. The van der Waals surface area contributed by atoms with Gasteiger partial charge < -0.3 is 16.4 Å². The molecule has 4 N–H and O–H groups in total. The van der Waals surface area contributed by atoms with Gasteiger partial charge in [0.15, 0.2) is 0 Å². The van der Waals surface area contributed by atoms with E-state index in [9.17, 15) is 9.59 Å². The van der Waals surface area contributed by atoms with E-state index >= 15 is 0 Å². The van der Waals surface area contributed by atoms with E-state index in [1.54, 1.807) is 18.2 Å². The maximum absolute atomic E-state index is 12.5. The molecular formula is C18H28ClN3O2. The Morgan fingerprint density at radius 1 is 1.17 bits per heavy atom. The highest BCUT2D eigenvalue weighted by atomic mass is 35.5. The predicted octanol–water partition coefficient (Wildman–Crippen LogP) is 3.09. The van der Waals surface area contributed by atoms with Crippen molar-refractivity contribution in [2.75, 3.05) is 5.32 Å². The fraction of sp³-hybridized carbons (Fsp3) is 0.556. The molecule has 0 saturated heterocycles. The number of para-hydroxylation sites is 1. The lowest BCUT2D eigenvalue weighted by atomic mass is 9.85. The van der Waals surface area contributed by atoms with Gasteiger partial charge >= 0.3 is 0 Å². The number of halogens is 1. The molecule has 24 heavy (non-hydrogen) atoms. The van der Waals surface area contributed by atoms with Crippen LogP contribution in [-0.4, -0.2) is 23.4 Å². The number of rotatable bonds is 3. The first-order valence-corrected chi connectivity index (χ1v) is 8.24. The van der Waals surface area contributed by atoms with Crippen molar-refractivity contribution in [3.8, 4) is 0 Å². The molecule has 134 valence electrons. The summed E-state index contributed by atoms with van der Waals surface area (Å²) in [6.07, 6.45) is 3.53. The van der Waals surface area contributed by atoms with Crippen molar-refractivity contribution >= 4 is 29.9 Å². The zero-order valence-corrected chi connectivity index (χ0v) is 15.4. The number of amides is 2. The van der Waals surface area contributed by atoms with E-state index in [1.165, 1.54) is 0 Å². The molecule has 1 aliphatic rings. The van der Waals surface area contributed by atoms with Crippen LogP contribution in [0.2, 0.25) is 0 Å². The second-order valence-electron chi connectivity index (χ2n) is 7.36. The molecule has 1 fully saturated rings. The monoisotopic (exact) mass is 353 g/mol. The molecule has 1 aromatic carbocycles. The van der Waals surface area contributed by atoms with Crippen molar-refractivity contribution < 1.29 is 9.59 Å². The van der Waals surface area contributed by atoms with E-state index in [0.29, 0.717) is 17.7 Å². The van der Waals surface area contributed by atoms with Crippen LogP contribution in [0.5, 0.6) is 0 Å². The number of hydrogen-bond donors (Lipinski definition) is 3. The van der Waals surface area contributed by atoms with E-state index < -0.39 is 0 Å². The van der Waals surface area contributed by atoms with Crippen LogP contribution in [0.1, 0.15) is 56.8 Å². The zero-order valence-electron chi connectivity index (χ0n) is 14.6. The Balaban J connectivity index is 0.00000288. The molecule has 0 bridgehead atoms. The number of carbonyl (C=O) groups is 2. The summed E-state index contributed by atoms with van der Waals surface area (Å²) in [5.41, 5.74) is 6.67. The first-order valence-electron chi connectivity index (χ1n) is 8.24. The van der Waals surface area contributed by atoms with Crippen molar-refractivity contribution in [3.63, 3.8) is 0 Å². The minimum Gasteiger partial charge on any atom is -0.347 e. The van der Waals surface area contributed by atoms with Gasteiger partial charge in [0.2, 0.25) is 5.91 Å². The van der Waals surface area contributed by atoms with Gasteiger partial charge in [0.1, 0.15) is 0 Å². The molecule has 2 atom stereocenters. The average molecular weight is 354 g/mol. The lowest BCUT2D eigenvalue weighted by molar-refractivity contribution is -0.120. The molecule has 1 aromatic rings. The topological polar surface area (TPSA) is 84.2 Å². The molecule has 0 spiro atoms. The lowest BCUT2D eigenvalue weighted by Gasteiger charge is -2.26. The molecule has 2 rings (SSSR count). The SMILES string of the molecule is CC(C)(C)NC(=O)c1ccccc1NC(=O)C1CCCC(N)C1.Cl. The minimum atomic E-state index is -0.329. The smallest absolute Gasteiger partial charge is 0.253 e. The van der Waals surface area contributed by atoms with Crippen molar-refractivity contribution in [2.24, 2.45) is 11.7 Å². The third kappa shape index (κ3) is 5.80. The Hall–Kier alpha value is -1.59. The Morgan fingerprint density at radius 3 is 2.46 bits per heavy atom. The number of hydrogen-bond acceptors (Lipinski definition) is 3. The first-order chi connectivity index (χ1) is 10.8. The molecule has 2 unspecified atom stereocenters. The Morgan fingerprint density at radius 2 is 1.83 bits per heavy atom. The summed E-state index contributed by atoms with van der Waals surface area (Å²) < 4.78 is 0. The Kier molecular flexibility index (Phi) is 7.24. The molecule has 1 saturated carbocycles. The fourth-order valence-corrected chi connectivity index (χ4v) is 2.90. The fourth-order valence-electron chi connectivity index (χ4n) is 2.90. The van der Waals surface area contributed by atoms with Gasteiger partial charge in [0.05, 0.1) is 11.3 Å². The Labute approximate surface area is 150 Å². The van der Waals surface area contributed by atoms with E-state index in [1.807, 2.05) is 26.8 Å². The van der Waals surface area contributed by atoms with Crippen LogP contribution in [0.4, 0.5) is 5.69 Å². The molecule has 1 aliphatic carbocycles. The number of nitrogens with one attached hydrogen (secondary N) is 2. The number of carbonyl (C=O) groups excluding carboxylic acids is 2. The molecule has 0 radical (unpaired) electrons. The van der Waals surface area contributed by atoms with Crippen LogP contribution in [-0.2, 0) is 4.79 Å². The molecule has 0 aliphatic heterocycles. The third-order valence-electron chi connectivity index (χ3n) is 4.00. The molecule has 2 amide bonds. The summed E-state index contributed by atoms with van der Waals surface area (Å²) >= 11 is 0. The highest BCUT2D eigenvalue weighted by Crippen LogP contribution is 2.25. The maximum atomic E-state index is 12.5. The van der Waals surface area contributed by atoms with Gasteiger partial charge in [0, 0.05) is 17.5 Å². The van der Waals surface area contributed by atoms with Gasteiger partial charge in [-0.3, -0.25) is 9.59 Å². The first kappa shape index (κ1) is 20.5. The van der Waals surface area contributed by atoms with Crippen LogP contribution in [0.3, 0.4) is 0 Å². The van der Waals surface area contributed by atoms with Crippen molar-refractivity contribution in [2.45, 2.75) is 58.0 Å². The van der Waals surface area contributed by atoms with Crippen molar-refractivity contribution in [3.05, 3.63) is 29.8 Å². The average Bonchev–Trinajstić information content (AvgIpc) is 2.46. The van der Waals surface area contributed by atoms with Gasteiger partial charge in [-0.2, -0.15) is 0 Å². The van der Waals surface area contributed by atoms with Crippen molar-refractivity contribution in [1.29, 1.82) is 0 Å². The van der Waals surface area contributed by atoms with Gasteiger partial charge in [-0.25, -0.2) is 0 Å². The van der Waals surface area contributed by atoms with E-state index in [0.717, 1.165) is 19.3 Å². The molecule has 5 nitrogen and oxygen atoms in total. The predicted molar refractivity (Wildman–Crippen MR) is 99.5 cm³/mol. The summed E-state index contributed by atoms with van der Waals surface area (Å²) in [5, 5.41) is 5.84. The number of benzene rings is 1. The standard InChI is InChI=1S/C18H27N3O2.ClH/c1-18(2,3)21-17(23)14-9-4-5-10-15(14)20-16(22)12-7-6-8-13(19)11-12;/h4-5,9-10,12-13H,6-8,11,19H2,1-3H3,(H,20,22)(H,21,23);1H. The maximum Gasteiger partial charge on any atom is 0.253 e. The number of nitrogens with two attached hydrogens (primary N) is 1. The van der Waals surface area contributed by atoms with E-state index in [-0.39, 0.29) is 41.7 Å². The largest absolute Gasteiger partial charge is 0.347 e. The Bertz CT molecular complexity index is 584. The second-order valence-corrected chi connectivity index (χ2v) is 7.36. The normalized spacial score (nSPS) is 20.7. The van der Waals surface area contributed by atoms with Gasteiger partial charge in [-0.05, 0) is 52.2 Å². The van der Waals surface area contributed by atoms with Gasteiger partial charge in [0.25, 0.3) is 5.91 Å². The quantitative estimate of drug-likeness (QED) is 0.780. The van der Waals surface area contributed by atoms with Crippen LogP contribution >= 0.6 is 12.4 Å². The summed E-state index contributed by atoms with van der Waals surface area (Å²) in [5.74, 6) is -0.303. The van der Waals surface area contributed by atoms with Crippen LogP contribution in [0, 0.1) is 5.92 Å². The van der Waals surface area contributed by atoms with E-state index in [2.05, 4.69) is 10.6 Å². The van der Waals surface area contributed by atoms with Gasteiger partial charge in [-0.1, -0.05) is 18.6 Å². The second kappa shape index (κ2) is 8.49. The summed E-state index contributed by atoms with van der Waals surface area (Å²) in [6.45, 7) is 5.78. The van der Waals surface area contributed by atoms with E-state index in [4.69, 9.17) is 5.73 Å². The lowest BCUT2D eigenvalue weighted by Crippen LogP contribution is -2.41. The molecule has 0 aromatic heterocycles. The van der Waals surface area contributed by atoms with Crippen LogP contribution in [0.25, 0.3) is 0 Å². The van der Waals surface area contributed by atoms with Crippen LogP contribution < -0.4 is 16.4 Å². The number of anilines is 1. The highest BCUT2D eigenvalue weighted by Gasteiger charge is 2.26. The highest BCUT2D eigenvalue weighted by molar-refractivity contribution is 6.04. The zero-order chi connectivity index (χ0) is 17.0. The summed E-state index contributed by atoms with van der Waals surface area (Å²) in [7, 11) is 0. The molecule has 6 heteroatoms. The minimum absolute atomic E-state index is 0. The molecular weight excluding hydrogens is 326 g/mol. The summed E-state index contributed by atoms with van der Waals surface area (Å²) in [6, 6.07) is 7.19. The third-order valence-corrected chi connectivity index (χ3v) is 4.00. The summed E-state index contributed by atoms with van der Waals surface area (Å²) in [4.78, 5) is 24.9. The van der Waals surface area contributed by atoms with Crippen molar-refractivity contribution in [1.82, 2.24) is 5.32 Å². The van der Waals surface area contributed by atoms with Gasteiger partial charge in [-0.15, -0.1) is 12.4 Å². The van der Waals surface area contributed by atoms with Crippen LogP contribution in [0.15, 0.2) is 24.3 Å².